The lowest BCUT2D eigenvalue weighted by atomic mass is 9.97. The molecule has 108 valence electrons. The summed E-state index contributed by atoms with van der Waals surface area (Å²) < 4.78 is 0. The highest BCUT2D eigenvalue weighted by molar-refractivity contribution is 6.31. The van der Waals surface area contributed by atoms with Crippen molar-refractivity contribution in [3.63, 3.8) is 0 Å². The van der Waals surface area contributed by atoms with E-state index in [0.29, 0.717) is 21.8 Å². The van der Waals surface area contributed by atoms with Crippen LogP contribution < -0.4 is 0 Å². The third-order valence-electron chi connectivity index (χ3n) is 3.54. The van der Waals surface area contributed by atoms with Crippen molar-refractivity contribution in [2.24, 2.45) is 5.92 Å². The lowest BCUT2D eigenvalue weighted by Gasteiger charge is -2.16. The number of halogens is 1. The van der Waals surface area contributed by atoms with Crippen LogP contribution >= 0.6 is 11.6 Å². The molecule has 0 radical (unpaired) electrons. The molecule has 0 amide bonds. The predicted octanol–water partition coefficient (Wildman–Crippen LogP) is 2.94. The first-order valence-corrected chi connectivity index (χ1v) is 6.99. The normalized spacial score (nSPS) is 15.7. The Morgan fingerprint density at radius 2 is 2.10 bits per heavy atom. The number of benzene rings is 1. The maximum absolute atomic E-state index is 11.0. The highest BCUT2D eigenvalue weighted by atomic mass is 35.5. The minimum absolute atomic E-state index is 0.212. The van der Waals surface area contributed by atoms with Gasteiger partial charge in [-0.05, 0) is 30.9 Å². The van der Waals surface area contributed by atoms with E-state index in [-0.39, 0.29) is 11.7 Å². The van der Waals surface area contributed by atoms with Gasteiger partial charge in [0.15, 0.2) is 0 Å². The Kier molecular flexibility index (Phi) is 3.61. The molecule has 0 saturated heterocycles. The number of nitrogens with zero attached hydrogens (tertiary/aromatic N) is 2. The van der Waals surface area contributed by atoms with Crippen LogP contribution in [0.2, 0.25) is 5.02 Å². The number of aliphatic hydroxyl groups excluding tert-OH is 1. The fourth-order valence-corrected chi connectivity index (χ4v) is 2.61. The van der Waals surface area contributed by atoms with Crippen molar-refractivity contribution >= 4 is 17.6 Å². The van der Waals surface area contributed by atoms with Crippen molar-refractivity contribution < 1.29 is 15.0 Å². The Labute approximate surface area is 126 Å². The van der Waals surface area contributed by atoms with Gasteiger partial charge in [-0.1, -0.05) is 23.7 Å². The molecule has 2 N–H and O–H groups in total. The zero-order valence-corrected chi connectivity index (χ0v) is 11.8. The van der Waals surface area contributed by atoms with Gasteiger partial charge in [0.05, 0.1) is 11.8 Å². The van der Waals surface area contributed by atoms with Crippen molar-refractivity contribution in [3.05, 3.63) is 46.9 Å². The molecule has 1 aliphatic carbocycles. The maximum atomic E-state index is 11.0. The number of hydrogen-bond donors (Lipinski definition) is 2. The summed E-state index contributed by atoms with van der Waals surface area (Å²) in [6.07, 6.45) is 2.67. The van der Waals surface area contributed by atoms with E-state index >= 15 is 0 Å². The van der Waals surface area contributed by atoms with Gasteiger partial charge < -0.3 is 10.2 Å². The highest BCUT2D eigenvalue weighted by Gasteiger charge is 2.33. The van der Waals surface area contributed by atoms with Gasteiger partial charge in [0.25, 0.3) is 0 Å². The summed E-state index contributed by atoms with van der Waals surface area (Å²) in [6, 6.07) is 6.86. The number of aromatic carboxylic acids is 1. The van der Waals surface area contributed by atoms with Crippen molar-refractivity contribution in [2.75, 3.05) is 0 Å². The molecule has 6 heteroatoms. The number of carboxylic acids is 1. The number of rotatable bonds is 4. The topological polar surface area (TPSA) is 83.3 Å². The van der Waals surface area contributed by atoms with Gasteiger partial charge in [0.1, 0.15) is 0 Å². The van der Waals surface area contributed by atoms with Crippen LogP contribution in [0.4, 0.5) is 0 Å². The molecule has 0 aliphatic heterocycles. The number of aromatic nitrogens is 2. The van der Waals surface area contributed by atoms with E-state index in [1.165, 1.54) is 6.20 Å². The third-order valence-corrected chi connectivity index (χ3v) is 3.87. The molecule has 1 aliphatic rings. The first-order valence-electron chi connectivity index (χ1n) is 6.61. The smallest absolute Gasteiger partial charge is 0.373 e. The molecule has 1 unspecified atom stereocenters. The summed E-state index contributed by atoms with van der Waals surface area (Å²) in [5.74, 6) is -1.26. The van der Waals surface area contributed by atoms with Crippen LogP contribution in [-0.4, -0.2) is 26.2 Å². The molecule has 1 aromatic carbocycles. The Balaban J connectivity index is 2.11. The lowest BCUT2D eigenvalue weighted by Crippen LogP contribution is -2.07. The predicted molar refractivity (Wildman–Crippen MR) is 77.1 cm³/mol. The molecule has 2 aromatic rings. The maximum Gasteiger partial charge on any atom is 0.373 e. The Morgan fingerprint density at radius 3 is 2.76 bits per heavy atom. The molecule has 1 aromatic heterocycles. The molecule has 1 saturated carbocycles. The zero-order chi connectivity index (χ0) is 15.0. The standard InChI is InChI=1S/C15H13ClN2O3/c16-10-3-1-2-9(12(10)13(19)8-4-5-8)11-6-7-17-14(18-11)15(20)21/h1-3,6-8,13,19H,4-5H2,(H,20,21). The molecular formula is C15H13ClN2O3. The minimum atomic E-state index is -1.19. The molecule has 1 atom stereocenters. The molecule has 21 heavy (non-hydrogen) atoms. The van der Waals surface area contributed by atoms with Crippen molar-refractivity contribution in [1.29, 1.82) is 0 Å². The van der Waals surface area contributed by atoms with Crippen LogP contribution in [0.5, 0.6) is 0 Å². The second kappa shape index (κ2) is 5.42. The molecule has 0 spiro atoms. The van der Waals surface area contributed by atoms with Gasteiger partial charge in [-0.2, -0.15) is 0 Å². The summed E-state index contributed by atoms with van der Waals surface area (Å²) in [4.78, 5) is 18.7. The lowest BCUT2D eigenvalue weighted by molar-refractivity contribution is 0.0683. The number of carbonyl (C=O) groups is 1. The fraction of sp³-hybridized carbons (Fsp3) is 0.267. The SMILES string of the molecule is O=C(O)c1nccc(-c2cccc(Cl)c2C(O)C2CC2)n1. The third kappa shape index (κ3) is 2.75. The van der Waals surface area contributed by atoms with Crippen LogP contribution in [0.25, 0.3) is 11.3 Å². The molecular weight excluding hydrogens is 292 g/mol. The molecule has 5 nitrogen and oxygen atoms in total. The summed E-state index contributed by atoms with van der Waals surface area (Å²) in [7, 11) is 0. The van der Waals surface area contributed by atoms with E-state index in [1.807, 2.05) is 0 Å². The van der Waals surface area contributed by atoms with E-state index in [2.05, 4.69) is 9.97 Å². The van der Waals surface area contributed by atoms with E-state index in [4.69, 9.17) is 16.7 Å². The molecule has 1 fully saturated rings. The van der Waals surface area contributed by atoms with Crippen LogP contribution in [0.3, 0.4) is 0 Å². The zero-order valence-electron chi connectivity index (χ0n) is 11.0. The molecule has 3 rings (SSSR count). The monoisotopic (exact) mass is 304 g/mol. The van der Waals surface area contributed by atoms with Crippen LogP contribution in [0, 0.1) is 5.92 Å². The van der Waals surface area contributed by atoms with Crippen LogP contribution in [0.1, 0.15) is 35.1 Å². The Bertz CT molecular complexity index is 701. The van der Waals surface area contributed by atoms with Crippen LogP contribution in [0.15, 0.2) is 30.5 Å². The molecule has 1 heterocycles. The largest absolute Gasteiger partial charge is 0.475 e. The first kappa shape index (κ1) is 14.0. The number of hydrogen-bond acceptors (Lipinski definition) is 4. The van der Waals surface area contributed by atoms with Gasteiger partial charge in [0.2, 0.25) is 5.82 Å². The van der Waals surface area contributed by atoms with E-state index < -0.39 is 12.1 Å². The second-order valence-electron chi connectivity index (χ2n) is 5.05. The quantitative estimate of drug-likeness (QED) is 0.907. The average molecular weight is 305 g/mol. The summed E-state index contributed by atoms with van der Waals surface area (Å²) in [5, 5.41) is 19.9. The second-order valence-corrected chi connectivity index (χ2v) is 5.46. The number of aliphatic hydroxyl groups is 1. The van der Waals surface area contributed by atoms with Crippen molar-refractivity contribution in [2.45, 2.75) is 18.9 Å². The Hall–Kier alpha value is -1.98. The number of carboxylic acid groups (broad SMARTS) is 1. The fourth-order valence-electron chi connectivity index (χ4n) is 2.32. The van der Waals surface area contributed by atoms with E-state index in [1.54, 1.807) is 24.3 Å². The summed E-state index contributed by atoms with van der Waals surface area (Å²) >= 11 is 6.23. The van der Waals surface area contributed by atoms with Gasteiger partial charge in [-0.25, -0.2) is 14.8 Å². The van der Waals surface area contributed by atoms with Crippen LogP contribution in [-0.2, 0) is 0 Å². The summed E-state index contributed by atoms with van der Waals surface area (Å²) in [5.41, 5.74) is 1.70. The van der Waals surface area contributed by atoms with Gasteiger partial charge in [-0.3, -0.25) is 0 Å². The van der Waals surface area contributed by atoms with Gasteiger partial charge in [0, 0.05) is 22.3 Å². The van der Waals surface area contributed by atoms with Crippen molar-refractivity contribution in [3.8, 4) is 11.3 Å². The van der Waals surface area contributed by atoms with Gasteiger partial charge in [-0.15, -0.1) is 0 Å². The minimum Gasteiger partial charge on any atom is -0.475 e. The molecule has 0 bridgehead atoms. The van der Waals surface area contributed by atoms with E-state index in [9.17, 15) is 9.90 Å². The van der Waals surface area contributed by atoms with Crippen molar-refractivity contribution in [1.82, 2.24) is 9.97 Å². The Morgan fingerprint density at radius 1 is 1.33 bits per heavy atom. The highest BCUT2D eigenvalue weighted by Crippen LogP contribution is 2.45. The van der Waals surface area contributed by atoms with E-state index in [0.717, 1.165) is 12.8 Å². The first-order chi connectivity index (χ1) is 10.1. The summed E-state index contributed by atoms with van der Waals surface area (Å²) in [6.45, 7) is 0. The van der Waals surface area contributed by atoms with Gasteiger partial charge >= 0.3 is 5.97 Å². The average Bonchev–Trinajstić information content (AvgIpc) is 3.31.